The van der Waals surface area contributed by atoms with E-state index in [1.54, 1.807) is 6.20 Å². The standard InChI is InChI=1S/C10H17N5O2/c1-6(2)3-8(15-10(11)17)9(16)14-7-4-12-13-5-7/h4-6,8H,3H2,1-2H3,(H,12,13)(H,14,16)(H3,11,15,17). The molecule has 1 rings (SSSR count). The van der Waals surface area contributed by atoms with Gasteiger partial charge in [-0.2, -0.15) is 5.10 Å². The Balaban J connectivity index is 2.61. The number of nitrogens with two attached hydrogens (primary N) is 1. The molecule has 1 atom stereocenters. The number of hydrogen-bond acceptors (Lipinski definition) is 3. The van der Waals surface area contributed by atoms with Crippen molar-refractivity contribution in [3.63, 3.8) is 0 Å². The van der Waals surface area contributed by atoms with Crippen molar-refractivity contribution < 1.29 is 9.59 Å². The van der Waals surface area contributed by atoms with Gasteiger partial charge in [-0.25, -0.2) is 4.79 Å². The summed E-state index contributed by atoms with van der Waals surface area (Å²) in [5.41, 5.74) is 5.58. The van der Waals surface area contributed by atoms with Gasteiger partial charge in [-0.3, -0.25) is 9.89 Å². The summed E-state index contributed by atoms with van der Waals surface area (Å²) in [4.78, 5) is 22.7. The van der Waals surface area contributed by atoms with Gasteiger partial charge < -0.3 is 16.4 Å². The molecule has 7 nitrogen and oxygen atoms in total. The number of aromatic nitrogens is 2. The summed E-state index contributed by atoms with van der Waals surface area (Å²) in [6.45, 7) is 3.92. The third-order valence-electron chi connectivity index (χ3n) is 2.11. The zero-order valence-corrected chi connectivity index (χ0v) is 9.86. The van der Waals surface area contributed by atoms with Crippen molar-refractivity contribution in [1.29, 1.82) is 0 Å². The second kappa shape index (κ2) is 5.88. The van der Waals surface area contributed by atoms with Crippen LogP contribution in [0.5, 0.6) is 0 Å². The van der Waals surface area contributed by atoms with E-state index < -0.39 is 12.1 Å². The summed E-state index contributed by atoms with van der Waals surface area (Å²) >= 11 is 0. The molecule has 1 unspecified atom stereocenters. The van der Waals surface area contributed by atoms with Crippen LogP contribution in [0.15, 0.2) is 12.4 Å². The van der Waals surface area contributed by atoms with Crippen LogP contribution in [0.2, 0.25) is 0 Å². The van der Waals surface area contributed by atoms with E-state index in [1.165, 1.54) is 6.20 Å². The lowest BCUT2D eigenvalue weighted by Gasteiger charge is -2.18. The molecule has 94 valence electrons. The third kappa shape index (κ3) is 4.54. The van der Waals surface area contributed by atoms with E-state index >= 15 is 0 Å². The maximum atomic E-state index is 11.9. The highest BCUT2D eigenvalue weighted by Gasteiger charge is 2.21. The van der Waals surface area contributed by atoms with Crippen LogP contribution in [-0.4, -0.2) is 28.2 Å². The van der Waals surface area contributed by atoms with Crippen LogP contribution in [-0.2, 0) is 4.79 Å². The van der Waals surface area contributed by atoms with Crippen molar-refractivity contribution in [3.8, 4) is 0 Å². The van der Waals surface area contributed by atoms with E-state index in [-0.39, 0.29) is 11.8 Å². The summed E-state index contributed by atoms with van der Waals surface area (Å²) in [6, 6.07) is -1.35. The molecule has 17 heavy (non-hydrogen) atoms. The topological polar surface area (TPSA) is 113 Å². The van der Waals surface area contributed by atoms with E-state index in [4.69, 9.17) is 5.73 Å². The molecule has 7 heteroatoms. The molecule has 0 saturated carbocycles. The minimum absolute atomic E-state index is 0.266. The largest absolute Gasteiger partial charge is 0.352 e. The minimum atomic E-state index is -0.710. The first-order valence-electron chi connectivity index (χ1n) is 5.34. The monoisotopic (exact) mass is 239 g/mol. The molecule has 0 bridgehead atoms. The molecule has 0 saturated heterocycles. The van der Waals surface area contributed by atoms with Crippen molar-refractivity contribution in [2.75, 3.05) is 5.32 Å². The highest BCUT2D eigenvalue weighted by Crippen LogP contribution is 2.08. The fraction of sp³-hybridized carbons (Fsp3) is 0.500. The van der Waals surface area contributed by atoms with E-state index in [9.17, 15) is 9.59 Å². The first kappa shape index (κ1) is 13.0. The van der Waals surface area contributed by atoms with Crippen molar-refractivity contribution in [3.05, 3.63) is 12.4 Å². The van der Waals surface area contributed by atoms with Crippen LogP contribution in [0.25, 0.3) is 0 Å². The van der Waals surface area contributed by atoms with E-state index in [2.05, 4.69) is 20.8 Å². The molecule has 0 aliphatic carbocycles. The number of H-pyrrole nitrogens is 1. The Morgan fingerprint density at radius 1 is 1.53 bits per heavy atom. The van der Waals surface area contributed by atoms with Crippen molar-refractivity contribution in [2.45, 2.75) is 26.3 Å². The Hall–Kier alpha value is -2.05. The van der Waals surface area contributed by atoms with Crippen LogP contribution >= 0.6 is 0 Å². The number of nitrogens with one attached hydrogen (secondary N) is 3. The average Bonchev–Trinajstić information content (AvgIpc) is 2.67. The van der Waals surface area contributed by atoms with Gasteiger partial charge in [0.05, 0.1) is 11.9 Å². The maximum absolute atomic E-state index is 11.9. The molecule has 0 spiro atoms. The van der Waals surface area contributed by atoms with E-state index in [0.717, 1.165) is 0 Å². The van der Waals surface area contributed by atoms with Gasteiger partial charge in [0.1, 0.15) is 6.04 Å². The van der Waals surface area contributed by atoms with Crippen LogP contribution in [0, 0.1) is 5.92 Å². The summed E-state index contributed by atoms with van der Waals surface area (Å²) < 4.78 is 0. The zero-order valence-electron chi connectivity index (χ0n) is 9.86. The van der Waals surface area contributed by atoms with E-state index in [1.807, 2.05) is 13.8 Å². The summed E-state index contributed by atoms with van der Waals surface area (Å²) in [7, 11) is 0. The van der Waals surface area contributed by atoms with Crippen molar-refractivity contribution in [2.24, 2.45) is 11.7 Å². The number of rotatable bonds is 5. The van der Waals surface area contributed by atoms with Crippen LogP contribution in [0.4, 0.5) is 10.5 Å². The lowest BCUT2D eigenvalue weighted by atomic mass is 10.0. The Labute approximate surface area is 99.1 Å². The zero-order chi connectivity index (χ0) is 12.8. The molecule has 0 aromatic carbocycles. The number of carbonyl (C=O) groups is 2. The molecule has 1 aromatic heterocycles. The second-order valence-corrected chi connectivity index (χ2v) is 4.17. The molecule has 0 fully saturated rings. The number of primary amides is 1. The lowest BCUT2D eigenvalue weighted by molar-refractivity contribution is -0.118. The quantitative estimate of drug-likeness (QED) is 0.597. The molecule has 0 aliphatic heterocycles. The number of hydrogen-bond donors (Lipinski definition) is 4. The minimum Gasteiger partial charge on any atom is -0.352 e. The number of carbonyl (C=O) groups excluding carboxylic acids is 2. The van der Waals surface area contributed by atoms with Crippen LogP contribution in [0.1, 0.15) is 20.3 Å². The molecule has 1 heterocycles. The van der Waals surface area contributed by atoms with Gasteiger partial charge in [0.25, 0.3) is 0 Å². The van der Waals surface area contributed by atoms with Crippen LogP contribution < -0.4 is 16.4 Å². The highest BCUT2D eigenvalue weighted by atomic mass is 16.2. The molecule has 1 aromatic rings. The molecular formula is C10H17N5O2. The Morgan fingerprint density at radius 3 is 2.71 bits per heavy atom. The predicted molar refractivity (Wildman–Crippen MR) is 63.2 cm³/mol. The first-order valence-corrected chi connectivity index (χ1v) is 5.34. The van der Waals surface area contributed by atoms with Gasteiger partial charge in [-0.1, -0.05) is 13.8 Å². The molecule has 0 aliphatic rings. The lowest BCUT2D eigenvalue weighted by Crippen LogP contribution is -2.46. The summed E-state index contributed by atoms with van der Waals surface area (Å²) in [6.07, 6.45) is 3.55. The van der Waals surface area contributed by atoms with Crippen molar-refractivity contribution in [1.82, 2.24) is 15.5 Å². The third-order valence-corrected chi connectivity index (χ3v) is 2.11. The number of urea groups is 1. The average molecular weight is 239 g/mol. The second-order valence-electron chi connectivity index (χ2n) is 4.17. The van der Waals surface area contributed by atoms with Gasteiger partial charge in [-0.05, 0) is 12.3 Å². The fourth-order valence-corrected chi connectivity index (χ4v) is 1.42. The van der Waals surface area contributed by atoms with Crippen LogP contribution in [0.3, 0.4) is 0 Å². The molecule has 5 N–H and O–H groups in total. The van der Waals surface area contributed by atoms with E-state index in [0.29, 0.717) is 12.1 Å². The first-order chi connectivity index (χ1) is 7.99. The smallest absolute Gasteiger partial charge is 0.312 e. The van der Waals surface area contributed by atoms with Gasteiger partial charge in [0, 0.05) is 6.20 Å². The Morgan fingerprint density at radius 2 is 2.24 bits per heavy atom. The number of anilines is 1. The molecule has 3 amide bonds. The normalized spacial score (nSPS) is 12.2. The fourth-order valence-electron chi connectivity index (χ4n) is 1.42. The van der Waals surface area contributed by atoms with Crippen molar-refractivity contribution >= 4 is 17.6 Å². The van der Waals surface area contributed by atoms with Gasteiger partial charge in [-0.15, -0.1) is 0 Å². The number of aromatic amines is 1. The maximum Gasteiger partial charge on any atom is 0.312 e. The summed E-state index contributed by atoms with van der Waals surface area (Å²) in [5, 5.41) is 11.3. The predicted octanol–water partition coefficient (Wildman–Crippen LogP) is 0.431. The Kier molecular flexibility index (Phi) is 4.50. The van der Waals surface area contributed by atoms with Gasteiger partial charge >= 0.3 is 6.03 Å². The SMILES string of the molecule is CC(C)CC(NC(N)=O)C(=O)Nc1cn[nH]c1. The Bertz CT molecular complexity index is 374. The highest BCUT2D eigenvalue weighted by molar-refractivity contribution is 5.96. The molecule has 0 radical (unpaired) electrons. The van der Waals surface area contributed by atoms with Gasteiger partial charge in [0.15, 0.2) is 0 Å². The number of nitrogens with zero attached hydrogens (tertiary/aromatic N) is 1. The number of amides is 3. The summed E-state index contributed by atoms with van der Waals surface area (Å²) in [5.74, 6) is -0.0409. The molecular weight excluding hydrogens is 222 g/mol. The van der Waals surface area contributed by atoms with Gasteiger partial charge in [0.2, 0.25) is 5.91 Å².